The minimum Gasteiger partial charge on any atom is -0.345 e. The van der Waals surface area contributed by atoms with Gasteiger partial charge in [-0.3, -0.25) is 0 Å². The van der Waals surface area contributed by atoms with Crippen molar-refractivity contribution in [3.63, 3.8) is 0 Å². The molecule has 0 spiro atoms. The van der Waals surface area contributed by atoms with Crippen LogP contribution in [0, 0.1) is 13.8 Å². The van der Waals surface area contributed by atoms with Crippen molar-refractivity contribution in [2.75, 3.05) is 18.5 Å². The summed E-state index contributed by atoms with van der Waals surface area (Å²) in [5, 5.41) is 8.42. The molecule has 2 aromatic heterocycles. The van der Waals surface area contributed by atoms with E-state index in [4.69, 9.17) is 26.1 Å². The summed E-state index contributed by atoms with van der Waals surface area (Å²) in [5.41, 5.74) is 3.34. The summed E-state index contributed by atoms with van der Waals surface area (Å²) in [6.07, 6.45) is 1.14. The van der Waals surface area contributed by atoms with Crippen molar-refractivity contribution in [3.8, 4) is 5.82 Å². The van der Waals surface area contributed by atoms with Gasteiger partial charge in [-0.2, -0.15) is 5.10 Å². The van der Waals surface area contributed by atoms with Crippen LogP contribution >= 0.6 is 11.6 Å². The molecule has 7 nitrogen and oxygen atoms in total. The molecule has 0 amide bonds. The van der Waals surface area contributed by atoms with Crippen LogP contribution in [0.4, 0.5) is 11.5 Å². The number of hydrogen-bond acceptors (Lipinski definition) is 6. The quantitative estimate of drug-likeness (QED) is 0.753. The third-order valence-corrected chi connectivity index (χ3v) is 4.22. The molecule has 1 fully saturated rings. The second-order valence-corrected chi connectivity index (χ2v) is 6.44. The molecule has 1 saturated heterocycles. The van der Waals surface area contributed by atoms with E-state index in [2.05, 4.69) is 15.4 Å². The van der Waals surface area contributed by atoms with Gasteiger partial charge < -0.3 is 14.8 Å². The Kier molecular flexibility index (Phi) is 4.58. The van der Waals surface area contributed by atoms with E-state index in [-0.39, 0.29) is 0 Å². The highest BCUT2D eigenvalue weighted by molar-refractivity contribution is 6.30. The topological polar surface area (TPSA) is 74.1 Å². The highest BCUT2D eigenvalue weighted by atomic mass is 35.5. The van der Waals surface area contributed by atoms with Crippen molar-refractivity contribution >= 4 is 23.1 Å². The lowest BCUT2D eigenvalue weighted by Crippen LogP contribution is -2.11. The SMILES string of the molecule is Cc1cc(C)n(-c2cnc(C3OCCO3)c(Nc3ccc(Cl)cc3)n2)n1. The predicted octanol–water partition coefficient (Wildman–Crippen LogP) is 3.72. The van der Waals surface area contributed by atoms with Gasteiger partial charge in [-0.25, -0.2) is 14.6 Å². The number of halogens is 1. The molecule has 0 atom stereocenters. The Morgan fingerprint density at radius 3 is 2.54 bits per heavy atom. The van der Waals surface area contributed by atoms with Gasteiger partial charge in [-0.1, -0.05) is 11.6 Å². The van der Waals surface area contributed by atoms with Gasteiger partial charge in [0, 0.05) is 16.4 Å². The Balaban J connectivity index is 1.75. The van der Waals surface area contributed by atoms with Crippen LogP contribution in [0.15, 0.2) is 36.5 Å². The Morgan fingerprint density at radius 2 is 1.88 bits per heavy atom. The number of hydrogen-bond donors (Lipinski definition) is 1. The number of aromatic nitrogens is 4. The second kappa shape index (κ2) is 7.03. The van der Waals surface area contributed by atoms with Crippen molar-refractivity contribution in [2.24, 2.45) is 0 Å². The first-order chi connectivity index (χ1) is 12.6. The zero-order chi connectivity index (χ0) is 18.1. The van der Waals surface area contributed by atoms with Gasteiger partial charge in [0.15, 0.2) is 11.6 Å². The van der Waals surface area contributed by atoms with Crippen molar-refractivity contribution < 1.29 is 9.47 Å². The van der Waals surface area contributed by atoms with Crippen molar-refractivity contribution in [3.05, 3.63) is 58.6 Å². The molecule has 0 saturated carbocycles. The fraction of sp³-hybridized carbons (Fsp3) is 0.278. The Labute approximate surface area is 155 Å². The number of nitrogens with zero attached hydrogens (tertiary/aromatic N) is 4. The Bertz CT molecular complexity index is 920. The smallest absolute Gasteiger partial charge is 0.204 e. The van der Waals surface area contributed by atoms with Gasteiger partial charge in [0.1, 0.15) is 5.69 Å². The van der Waals surface area contributed by atoms with Gasteiger partial charge in [0.05, 0.1) is 25.1 Å². The van der Waals surface area contributed by atoms with E-state index >= 15 is 0 Å². The molecule has 1 aliphatic heterocycles. The largest absolute Gasteiger partial charge is 0.345 e. The normalized spacial score (nSPS) is 14.7. The van der Waals surface area contributed by atoms with Crippen LogP contribution in [0.3, 0.4) is 0 Å². The third-order valence-electron chi connectivity index (χ3n) is 3.97. The van der Waals surface area contributed by atoms with E-state index in [1.807, 2.05) is 44.2 Å². The van der Waals surface area contributed by atoms with E-state index < -0.39 is 6.29 Å². The number of nitrogens with one attached hydrogen (secondary N) is 1. The Morgan fingerprint density at radius 1 is 1.15 bits per heavy atom. The average molecular weight is 372 g/mol. The maximum Gasteiger partial charge on any atom is 0.204 e. The standard InChI is InChI=1S/C18H18ClN5O2/c1-11-9-12(2)24(23-11)15-10-20-16(18-25-7-8-26-18)17(22-15)21-14-5-3-13(19)4-6-14/h3-6,9-10,18H,7-8H2,1-2H3,(H,21,22). The fourth-order valence-electron chi connectivity index (χ4n) is 2.80. The monoisotopic (exact) mass is 371 g/mol. The highest BCUT2D eigenvalue weighted by Crippen LogP contribution is 2.29. The summed E-state index contributed by atoms with van der Waals surface area (Å²) in [6, 6.07) is 9.36. The maximum absolute atomic E-state index is 5.97. The van der Waals surface area contributed by atoms with Crippen LogP contribution in [0.25, 0.3) is 5.82 Å². The van der Waals surface area contributed by atoms with Crippen molar-refractivity contribution in [1.82, 2.24) is 19.7 Å². The van der Waals surface area contributed by atoms with E-state index in [9.17, 15) is 0 Å². The van der Waals surface area contributed by atoms with Crippen LogP contribution in [0.1, 0.15) is 23.4 Å². The van der Waals surface area contributed by atoms with Gasteiger partial charge >= 0.3 is 0 Å². The maximum atomic E-state index is 5.97. The Hall–Kier alpha value is -2.48. The van der Waals surface area contributed by atoms with Crippen molar-refractivity contribution in [2.45, 2.75) is 20.1 Å². The molecule has 3 heterocycles. The first-order valence-corrected chi connectivity index (χ1v) is 8.64. The van der Waals surface area contributed by atoms with Crippen LogP contribution in [-0.2, 0) is 9.47 Å². The molecule has 0 unspecified atom stereocenters. The average Bonchev–Trinajstić information content (AvgIpc) is 3.26. The van der Waals surface area contributed by atoms with E-state index in [0.29, 0.717) is 35.6 Å². The number of anilines is 2. The predicted molar refractivity (Wildman–Crippen MR) is 98.0 cm³/mol. The lowest BCUT2D eigenvalue weighted by atomic mass is 10.3. The van der Waals surface area contributed by atoms with Crippen LogP contribution in [0.2, 0.25) is 5.02 Å². The van der Waals surface area contributed by atoms with E-state index in [1.54, 1.807) is 10.9 Å². The molecule has 134 valence electrons. The second-order valence-electron chi connectivity index (χ2n) is 6.01. The van der Waals surface area contributed by atoms with Gasteiger partial charge in [-0.05, 0) is 44.2 Å². The molecule has 1 aliphatic rings. The van der Waals surface area contributed by atoms with Gasteiger partial charge in [-0.15, -0.1) is 0 Å². The lowest BCUT2D eigenvalue weighted by molar-refractivity contribution is -0.0469. The summed E-state index contributed by atoms with van der Waals surface area (Å²) in [7, 11) is 0. The summed E-state index contributed by atoms with van der Waals surface area (Å²) < 4.78 is 13.0. The minimum atomic E-state index is -0.535. The fourth-order valence-corrected chi connectivity index (χ4v) is 2.93. The zero-order valence-corrected chi connectivity index (χ0v) is 15.2. The van der Waals surface area contributed by atoms with Crippen LogP contribution in [0.5, 0.6) is 0 Å². The summed E-state index contributed by atoms with van der Waals surface area (Å²) >= 11 is 5.97. The number of benzene rings is 1. The molecular formula is C18H18ClN5O2. The van der Waals surface area contributed by atoms with E-state index in [1.165, 1.54) is 0 Å². The number of ether oxygens (including phenoxy) is 2. The molecule has 3 aromatic rings. The summed E-state index contributed by atoms with van der Waals surface area (Å²) in [4.78, 5) is 9.25. The first-order valence-electron chi connectivity index (χ1n) is 8.26. The highest BCUT2D eigenvalue weighted by Gasteiger charge is 2.25. The lowest BCUT2D eigenvalue weighted by Gasteiger charge is -2.16. The first kappa shape index (κ1) is 17.0. The summed E-state index contributed by atoms with van der Waals surface area (Å²) in [6.45, 7) is 4.99. The molecule has 0 bridgehead atoms. The number of aryl methyl sites for hydroxylation is 2. The summed E-state index contributed by atoms with van der Waals surface area (Å²) in [5.74, 6) is 1.18. The van der Waals surface area contributed by atoms with Crippen LogP contribution in [-0.4, -0.2) is 33.0 Å². The van der Waals surface area contributed by atoms with Crippen LogP contribution < -0.4 is 5.32 Å². The van der Waals surface area contributed by atoms with Gasteiger partial charge in [0.25, 0.3) is 0 Å². The van der Waals surface area contributed by atoms with Gasteiger partial charge in [0.2, 0.25) is 6.29 Å². The molecular weight excluding hydrogens is 354 g/mol. The van der Waals surface area contributed by atoms with E-state index in [0.717, 1.165) is 17.1 Å². The third kappa shape index (κ3) is 3.41. The molecule has 4 rings (SSSR count). The molecule has 1 aromatic carbocycles. The zero-order valence-electron chi connectivity index (χ0n) is 14.4. The minimum absolute atomic E-state index is 0.534. The molecule has 0 radical (unpaired) electrons. The van der Waals surface area contributed by atoms with Crippen molar-refractivity contribution in [1.29, 1.82) is 0 Å². The molecule has 26 heavy (non-hydrogen) atoms. The molecule has 0 aliphatic carbocycles. The molecule has 1 N–H and O–H groups in total. The molecule has 8 heteroatoms. The number of rotatable bonds is 4.